The number of rotatable bonds is 10. The summed E-state index contributed by atoms with van der Waals surface area (Å²) in [6, 6.07) is 0. The molecule has 104 valence electrons. The summed E-state index contributed by atoms with van der Waals surface area (Å²) >= 11 is 0. The van der Waals surface area contributed by atoms with Crippen LogP contribution in [0.1, 0.15) is 98.8 Å². The summed E-state index contributed by atoms with van der Waals surface area (Å²) in [5, 5.41) is 0. The molecule has 0 aliphatic heterocycles. The molecule has 0 saturated heterocycles. The number of hydrogen-bond acceptors (Lipinski definition) is 0. The van der Waals surface area contributed by atoms with Crippen LogP contribution in [0.15, 0.2) is 0 Å². The summed E-state index contributed by atoms with van der Waals surface area (Å²) in [6.45, 7) is 11.9. The van der Waals surface area contributed by atoms with Crippen molar-refractivity contribution in [1.82, 2.24) is 0 Å². The smallest absolute Gasteiger partial charge is 0.0354 e. The predicted octanol–water partition coefficient (Wildman–Crippen LogP) is 6.59. The predicted molar refractivity (Wildman–Crippen MR) is 80.5 cm³/mol. The summed E-state index contributed by atoms with van der Waals surface area (Å²) < 4.78 is 0. The molecule has 0 aromatic rings. The Hall–Kier alpha value is 0. The topological polar surface area (TPSA) is 0 Å². The van der Waals surface area contributed by atoms with Gasteiger partial charge in [0.15, 0.2) is 0 Å². The Kier molecular flexibility index (Phi) is 9.97. The van der Waals surface area contributed by atoms with Crippen LogP contribution in [0.3, 0.4) is 0 Å². The largest absolute Gasteiger partial charge is 0.0654 e. The van der Waals surface area contributed by atoms with Crippen LogP contribution < -0.4 is 0 Å². The molecule has 0 N–H and O–H groups in total. The average Bonchev–Trinajstić information content (AvgIpc) is 2.25. The van der Waals surface area contributed by atoms with Crippen molar-refractivity contribution in [2.24, 2.45) is 11.3 Å². The minimum Gasteiger partial charge on any atom is -0.0654 e. The Morgan fingerprint density at radius 1 is 0.647 bits per heavy atom. The van der Waals surface area contributed by atoms with Gasteiger partial charge in [0.25, 0.3) is 0 Å². The maximum absolute atomic E-state index is 2.43. The first-order chi connectivity index (χ1) is 8.02. The van der Waals surface area contributed by atoms with Crippen LogP contribution in [0.25, 0.3) is 0 Å². The minimum atomic E-state index is 0.512. The molecule has 0 aliphatic carbocycles. The van der Waals surface area contributed by atoms with Crippen molar-refractivity contribution in [2.45, 2.75) is 98.8 Å². The third kappa shape index (κ3) is 9.68. The monoisotopic (exact) mass is 240 g/mol. The van der Waals surface area contributed by atoms with Gasteiger partial charge in [0.05, 0.1) is 0 Å². The van der Waals surface area contributed by atoms with Gasteiger partial charge in [0, 0.05) is 0 Å². The summed E-state index contributed by atoms with van der Waals surface area (Å²) in [4.78, 5) is 0. The zero-order valence-corrected chi connectivity index (χ0v) is 13.1. The lowest BCUT2D eigenvalue weighted by Crippen LogP contribution is -2.20. The summed E-state index contributed by atoms with van der Waals surface area (Å²) in [6.07, 6.45) is 14.3. The van der Waals surface area contributed by atoms with E-state index in [-0.39, 0.29) is 0 Å². The molecule has 0 unspecified atom stereocenters. The fourth-order valence-electron chi connectivity index (χ4n) is 2.65. The van der Waals surface area contributed by atoms with Gasteiger partial charge < -0.3 is 0 Å². The van der Waals surface area contributed by atoms with Crippen LogP contribution in [0, 0.1) is 11.3 Å². The van der Waals surface area contributed by atoms with Crippen molar-refractivity contribution < 1.29 is 0 Å². The van der Waals surface area contributed by atoms with Crippen molar-refractivity contribution in [2.75, 3.05) is 0 Å². The van der Waals surface area contributed by atoms with Gasteiger partial charge in [-0.2, -0.15) is 0 Å². The molecule has 0 aliphatic rings. The SMILES string of the molecule is CCCCCCC(CCCCCC)C(C)(C)C. The van der Waals surface area contributed by atoms with E-state index in [1.807, 2.05) is 0 Å². The van der Waals surface area contributed by atoms with Gasteiger partial charge in [0.1, 0.15) is 0 Å². The highest BCUT2D eigenvalue weighted by Gasteiger charge is 2.23. The molecule has 0 amide bonds. The fourth-order valence-corrected chi connectivity index (χ4v) is 2.65. The molecule has 0 aromatic carbocycles. The Morgan fingerprint density at radius 2 is 1.06 bits per heavy atom. The van der Waals surface area contributed by atoms with E-state index in [0.717, 1.165) is 5.92 Å². The Balaban J connectivity index is 3.81. The lowest BCUT2D eigenvalue weighted by atomic mass is 9.75. The lowest BCUT2D eigenvalue weighted by Gasteiger charge is -2.31. The second-order valence-corrected chi connectivity index (χ2v) is 6.76. The molecular weight excluding hydrogens is 204 g/mol. The fraction of sp³-hybridized carbons (Fsp3) is 1.00. The molecule has 0 atom stereocenters. The van der Waals surface area contributed by atoms with Crippen LogP contribution in [-0.2, 0) is 0 Å². The highest BCUT2D eigenvalue weighted by molar-refractivity contribution is 4.74. The Bertz CT molecular complexity index is 140. The molecule has 0 bridgehead atoms. The van der Waals surface area contributed by atoms with Crippen molar-refractivity contribution in [1.29, 1.82) is 0 Å². The lowest BCUT2D eigenvalue weighted by molar-refractivity contribution is 0.201. The first-order valence-corrected chi connectivity index (χ1v) is 8.02. The van der Waals surface area contributed by atoms with Gasteiger partial charge in [-0.1, -0.05) is 86.0 Å². The van der Waals surface area contributed by atoms with E-state index < -0.39 is 0 Å². The van der Waals surface area contributed by atoms with Crippen molar-refractivity contribution >= 4 is 0 Å². The van der Waals surface area contributed by atoms with Gasteiger partial charge in [0.2, 0.25) is 0 Å². The molecule has 0 spiro atoms. The second kappa shape index (κ2) is 9.97. The molecule has 0 aromatic heterocycles. The average molecular weight is 240 g/mol. The zero-order valence-electron chi connectivity index (χ0n) is 13.1. The number of hydrogen-bond donors (Lipinski definition) is 0. The normalized spacial score (nSPS) is 12.4. The maximum atomic E-state index is 2.43. The van der Waals surface area contributed by atoms with E-state index >= 15 is 0 Å². The molecule has 0 rings (SSSR count). The standard InChI is InChI=1S/C17H36/c1-6-8-10-12-14-16(17(3,4)5)15-13-11-9-7-2/h16H,6-15H2,1-5H3. The molecule has 0 saturated carbocycles. The summed E-state index contributed by atoms with van der Waals surface area (Å²) in [5.41, 5.74) is 0.512. The Labute approximate surface area is 111 Å². The maximum Gasteiger partial charge on any atom is -0.0354 e. The first kappa shape index (κ1) is 17.0. The first-order valence-electron chi connectivity index (χ1n) is 8.02. The molecule has 0 fully saturated rings. The van der Waals surface area contributed by atoms with E-state index in [0.29, 0.717) is 5.41 Å². The quantitative estimate of drug-likeness (QED) is 0.378. The molecule has 0 heteroatoms. The highest BCUT2D eigenvalue weighted by atomic mass is 14.3. The Morgan fingerprint density at radius 3 is 1.35 bits per heavy atom. The minimum absolute atomic E-state index is 0.512. The van der Waals surface area contributed by atoms with Crippen molar-refractivity contribution in [3.8, 4) is 0 Å². The van der Waals surface area contributed by atoms with Crippen LogP contribution in [0.4, 0.5) is 0 Å². The van der Waals surface area contributed by atoms with Crippen LogP contribution in [0.2, 0.25) is 0 Å². The van der Waals surface area contributed by atoms with Gasteiger partial charge in [-0.05, 0) is 24.2 Å². The van der Waals surface area contributed by atoms with Crippen molar-refractivity contribution in [3.63, 3.8) is 0 Å². The molecular formula is C17H36. The molecule has 0 heterocycles. The third-order valence-electron chi connectivity index (χ3n) is 4.04. The highest BCUT2D eigenvalue weighted by Crippen LogP contribution is 2.34. The van der Waals surface area contributed by atoms with Gasteiger partial charge >= 0.3 is 0 Å². The van der Waals surface area contributed by atoms with E-state index in [1.165, 1.54) is 64.2 Å². The van der Waals surface area contributed by atoms with E-state index in [9.17, 15) is 0 Å². The van der Waals surface area contributed by atoms with Crippen LogP contribution in [0.5, 0.6) is 0 Å². The van der Waals surface area contributed by atoms with E-state index in [1.54, 1.807) is 0 Å². The third-order valence-corrected chi connectivity index (χ3v) is 4.04. The second-order valence-electron chi connectivity index (χ2n) is 6.76. The molecule has 0 nitrogen and oxygen atoms in total. The van der Waals surface area contributed by atoms with Crippen LogP contribution in [-0.4, -0.2) is 0 Å². The van der Waals surface area contributed by atoms with Gasteiger partial charge in [-0.25, -0.2) is 0 Å². The summed E-state index contributed by atoms with van der Waals surface area (Å²) in [7, 11) is 0. The molecule has 17 heavy (non-hydrogen) atoms. The van der Waals surface area contributed by atoms with E-state index in [4.69, 9.17) is 0 Å². The zero-order chi connectivity index (χ0) is 13.1. The van der Waals surface area contributed by atoms with E-state index in [2.05, 4.69) is 34.6 Å². The summed E-state index contributed by atoms with van der Waals surface area (Å²) in [5.74, 6) is 0.941. The molecule has 0 radical (unpaired) electrons. The van der Waals surface area contributed by atoms with Crippen molar-refractivity contribution in [3.05, 3.63) is 0 Å². The number of unbranched alkanes of at least 4 members (excludes halogenated alkanes) is 6. The van der Waals surface area contributed by atoms with Gasteiger partial charge in [-0.3, -0.25) is 0 Å². The van der Waals surface area contributed by atoms with Crippen LogP contribution >= 0.6 is 0 Å². The van der Waals surface area contributed by atoms with Gasteiger partial charge in [-0.15, -0.1) is 0 Å².